The first-order valence-electron chi connectivity index (χ1n) is 8.74. The second kappa shape index (κ2) is 7.79. The van der Waals surface area contributed by atoms with Gasteiger partial charge in [-0.05, 0) is 62.1 Å². The molecule has 2 heteroatoms. The summed E-state index contributed by atoms with van der Waals surface area (Å²) in [6.07, 6.45) is 5.26. The summed E-state index contributed by atoms with van der Waals surface area (Å²) in [6, 6.07) is 0. The Kier molecular flexibility index (Phi) is 7.00. The monoisotopic (exact) mass is 282 g/mol. The van der Waals surface area contributed by atoms with E-state index >= 15 is 0 Å². The van der Waals surface area contributed by atoms with Gasteiger partial charge in [0.25, 0.3) is 0 Å². The Bertz CT molecular complexity index is 261. The van der Waals surface area contributed by atoms with Gasteiger partial charge >= 0.3 is 0 Å². The average molecular weight is 283 g/mol. The van der Waals surface area contributed by atoms with Crippen molar-refractivity contribution in [1.29, 1.82) is 0 Å². The van der Waals surface area contributed by atoms with Gasteiger partial charge < -0.3 is 10.2 Å². The van der Waals surface area contributed by atoms with Crippen molar-refractivity contribution in [2.45, 2.75) is 67.2 Å². The zero-order chi connectivity index (χ0) is 15.2. The van der Waals surface area contributed by atoms with Crippen LogP contribution in [0.15, 0.2) is 0 Å². The molecule has 1 fully saturated rings. The van der Waals surface area contributed by atoms with E-state index in [0.29, 0.717) is 10.8 Å². The van der Waals surface area contributed by atoms with Gasteiger partial charge in [0.2, 0.25) is 0 Å². The van der Waals surface area contributed by atoms with Crippen molar-refractivity contribution in [3.05, 3.63) is 0 Å². The third-order valence-electron chi connectivity index (χ3n) is 5.25. The first-order chi connectivity index (χ1) is 9.30. The predicted octanol–water partition coefficient (Wildman–Crippen LogP) is 4.16. The molecule has 120 valence electrons. The molecule has 1 unspecified atom stereocenters. The normalized spacial score (nSPS) is 21.9. The molecular weight excluding hydrogens is 244 g/mol. The summed E-state index contributed by atoms with van der Waals surface area (Å²) in [6.45, 7) is 20.4. The van der Waals surface area contributed by atoms with Crippen LogP contribution in [-0.4, -0.2) is 37.6 Å². The summed E-state index contributed by atoms with van der Waals surface area (Å²) in [7, 11) is 0. The third-order valence-corrected chi connectivity index (χ3v) is 5.25. The van der Waals surface area contributed by atoms with Crippen molar-refractivity contribution >= 4 is 0 Å². The standard InChI is InChI=1S/C18H38N2/c1-7-11-19-14-18(6,8-2)15-20-12-9-16(10-13-20)17(3,4)5/h16,19H,7-15H2,1-6H3. The molecule has 0 bridgehead atoms. The maximum atomic E-state index is 3.62. The Balaban J connectivity index is 2.40. The van der Waals surface area contributed by atoms with Crippen molar-refractivity contribution < 1.29 is 0 Å². The van der Waals surface area contributed by atoms with Crippen LogP contribution in [-0.2, 0) is 0 Å². The van der Waals surface area contributed by atoms with Gasteiger partial charge in [-0.1, -0.05) is 41.5 Å². The maximum absolute atomic E-state index is 3.62. The Morgan fingerprint density at radius 2 is 1.65 bits per heavy atom. The highest BCUT2D eigenvalue weighted by atomic mass is 15.1. The molecule has 0 aromatic rings. The second-order valence-electron chi connectivity index (χ2n) is 8.26. The molecule has 1 aliphatic rings. The van der Waals surface area contributed by atoms with E-state index in [-0.39, 0.29) is 0 Å². The fourth-order valence-corrected chi connectivity index (χ4v) is 3.36. The van der Waals surface area contributed by atoms with Gasteiger partial charge in [0, 0.05) is 13.1 Å². The van der Waals surface area contributed by atoms with Gasteiger partial charge in [0.05, 0.1) is 0 Å². The molecule has 1 aliphatic heterocycles. The number of hydrogen-bond donors (Lipinski definition) is 1. The molecule has 0 aromatic heterocycles. The van der Waals surface area contributed by atoms with E-state index in [4.69, 9.17) is 0 Å². The van der Waals surface area contributed by atoms with Crippen molar-refractivity contribution in [3.63, 3.8) is 0 Å². The zero-order valence-corrected chi connectivity index (χ0v) is 14.9. The SMILES string of the molecule is CCCNCC(C)(CC)CN1CCC(C(C)(C)C)CC1. The van der Waals surface area contributed by atoms with Gasteiger partial charge in [-0.25, -0.2) is 0 Å². The Morgan fingerprint density at radius 1 is 1.05 bits per heavy atom. The average Bonchev–Trinajstić information content (AvgIpc) is 2.38. The van der Waals surface area contributed by atoms with Gasteiger partial charge in [0.1, 0.15) is 0 Å². The molecule has 20 heavy (non-hydrogen) atoms. The van der Waals surface area contributed by atoms with E-state index < -0.39 is 0 Å². The van der Waals surface area contributed by atoms with Crippen LogP contribution >= 0.6 is 0 Å². The van der Waals surface area contributed by atoms with E-state index in [1.54, 1.807) is 0 Å². The molecule has 0 aliphatic carbocycles. The van der Waals surface area contributed by atoms with Crippen LogP contribution < -0.4 is 5.32 Å². The lowest BCUT2D eigenvalue weighted by Gasteiger charge is -2.42. The molecule has 0 spiro atoms. The lowest BCUT2D eigenvalue weighted by Crippen LogP contribution is -2.46. The van der Waals surface area contributed by atoms with Crippen molar-refractivity contribution in [2.24, 2.45) is 16.7 Å². The highest BCUT2D eigenvalue weighted by Gasteiger charge is 2.31. The number of hydrogen-bond acceptors (Lipinski definition) is 2. The maximum Gasteiger partial charge on any atom is 0.00474 e. The lowest BCUT2D eigenvalue weighted by atomic mass is 9.75. The van der Waals surface area contributed by atoms with Crippen LogP contribution in [0.5, 0.6) is 0 Å². The molecule has 0 radical (unpaired) electrons. The minimum atomic E-state index is 0.434. The summed E-state index contributed by atoms with van der Waals surface area (Å²) in [5.74, 6) is 0.907. The number of nitrogens with one attached hydrogen (secondary N) is 1. The van der Waals surface area contributed by atoms with E-state index in [1.165, 1.54) is 45.3 Å². The van der Waals surface area contributed by atoms with E-state index in [9.17, 15) is 0 Å². The first-order valence-corrected chi connectivity index (χ1v) is 8.74. The smallest absolute Gasteiger partial charge is 0.00474 e. The highest BCUT2D eigenvalue weighted by Crippen LogP contribution is 2.35. The molecular formula is C18H38N2. The zero-order valence-electron chi connectivity index (χ0n) is 14.9. The predicted molar refractivity (Wildman–Crippen MR) is 90.2 cm³/mol. The minimum absolute atomic E-state index is 0.434. The van der Waals surface area contributed by atoms with Crippen LogP contribution in [0.4, 0.5) is 0 Å². The Hall–Kier alpha value is -0.0800. The van der Waals surface area contributed by atoms with Crippen LogP contribution in [0.25, 0.3) is 0 Å². The number of nitrogens with zero attached hydrogens (tertiary/aromatic N) is 1. The molecule has 1 atom stereocenters. The van der Waals surface area contributed by atoms with Gasteiger partial charge in [-0.2, -0.15) is 0 Å². The molecule has 1 N–H and O–H groups in total. The Labute approximate surface area is 127 Å². The fraction of sp³-hybridized carbons (Fsp3) is 1.00. The van der Waals surface area contributed by atoms with E-state index in [2.05, 4.69) is 51.8 Å². The summed E-state index contributed by atoms with van der Waals surface area (Å²) in [5, 5.41) is 3.62. The second-order valence-corrected chi connectivity index (χ2v) is 8.26. The van der Waals surface area contributed by atoms with Crippen LogP contribution in [0.1, 0.15) is 67.2 Å². The van der Waals surface area contributed by atoms with Crippen LogP contribution in [0.3, 0.4) is 0 Å². The van der Waals surface area contributed by atoms with Crippen molar-refractivity contribution in [2.75, 3.05) is 32.7 Å². The van der Waals surface area contributed by atoms with Crippen LogP contribution in [0.2, 0.25) is 0 Å². The van der Waals surface area contributed by atoms with E-state index in [1.807, 2.05) is 0 Å². The summed E-state index contributed by atoms with van der Waals surface area (Å²) >= 11 is 0. The third kappa shape index (κ3) is 5.73. The van der Waals surface area contributed by atoms with Crippen molar-refractivity contribution in [1.82, 2.24) is 10.2 Å². The number of likely N-dealkylation sites (tertiary alicyclic amines) is 1. The van der Waals surface area contributed by atoms with Crippen LogP contribution in [0, 0.1) is 16.7 Å². The largest absolute Gasteiger partial charge is 0.316 e. The van der Waals surface area contributed by atoms with E-state index in [0.717, 1.165) is 19.0 Å². The number of rotatable bonds is 7. The minimum Gasteiger partial charge on any atom is -0.316 e. The molecule has 0 amide bonds. The summed E-state index contributed by atoms with van der Waals surface area (Å²) < 4.78 is 0. The highest BCUT2D eigenvalue weighted by molar-refractivity contribution is 4.85. The molecule has 0 aromatic carbocycles. The molecule has 1 rings (SSSR count). The number of piperidine rings is 1. The Morgan fingerprint density at radius 3 is 2.10 bits per heavy atom. The topological polar surface area (TPSA) is 15.3 Å². The van der Waals surface area contributed by atoms with Crippen molar-refractivity contribution in [3.8, 4) is 0 Å². The molecule has 1 heterocycles. The summed E-state index contributed by atoms with van der Waals surface area (Å²) in [5.41, 5.74) is 0.923. The van der Waals surface area contributed by atoms with Gasteiger partial charge in [0.15, 0.2) is 0 Å². The molecule has 0 saturated carbocycles. The molecule has 2 nitrogen and oxygen atoms in total. The van der Waals surface area contributed by atoms with Gasteiger partial charge in [-0.15, -0.1) is 0 Å². The molecule has 1 saturated heterocycles. The quantitative estimate of drug-likeness (QED) is 0.705. The fourth-order valence-electron chi connectivity index (χ4n) is 3.36. The summed E-state index contributed by atoms with van der Waals surface area (Å²) in [4.78, 5) is 2.71. The lowest BCUT2D eigenvalue weighted by molar-refractivity contribution is 0.0776. The van der Waals surface area contributed by atoms with Gasteiger partial charge in [-0.3, -0.25) is 0 Å². The first kappa shape index (κ1) is 18.0.